The molecule has 0 aliphatic heterocycles. The molecule has 0 saturated heterocycles. The van der Waals surface area contributed by atoms with Gasteiger partial charge in [0, 0.05) is 21.8 Å². The fourth-order valence-corrected chi connectivity index (χ4v) is 4.22. The molecule has 1 aromatic heterocycles. The van der Waals surface area contributed by atoms with Crippen LogP contribution in [-0.2, 0) is 0 Å². The molecule has 1 N–H and O–H groups in total. The number of likely N-dealkylation sites (N-methyl/N-ethyl adjacent to an activating group) is 1. The number of quaternary nitrogens is 1. The summed E-state index contributed by atoms with van der Waals surface area (Å²) in [7, 11) is 0. The lowest BCUT2D eigenvalue weighted by Gasteiger charge is -2.41. The second kappa shape index (κ2) is 9.80. The molecule has 2 aromatic carbocycles. The minimum atomic E-state index is -0.331. The molecule has 0 saturated carbocycles. The van der Waals surface area contributed by atoms with Crippen LogP contribution < -0.4 is 4.74 Å². The van der Waals surface area contributed by atoms with Gasteiger partial charge in [-0.05, 0) is 55.2 Å². The Morgan fingerprint density at radius 1 is 1.14 bits per heavy atom. The lowest BCUT2D eigenvalue weighted by molar-refractivity contribution is -0.879. The van der Waals surface area contributed by atoms with Gasteiger partial charge >= 0.3 is 0 Å². The maximum Gasteiger partial charge on any atom is 0.120 e. The zero-order valence-corrected chi connectivity index (χ0v) is 18.3. The molecule has 5 nitrogen and oxygen atoms in total. The lowest BCUT2D eigenvalue weighted by Crippen LogP contribution is -2.44. The molecular weight excluding hydrogens is 440 g/mol. The SMILES string of the molecule is CC[N+]([O-])(CCO)CCCCOc1ccc2c(-c3ccc(Br)cc3)nsc2c1. The first-order valence-electron chi connectivity index (χ1n) is 9.51. The summed E-state index contributed by atoms with van der Waals surface area (Å²) >= 11 is 4.94. The van der Waals surface area contributed by atoms with Gasteiger partial charge in [-0.15, -0.1) is 0 Å². The Labute approximate surface area is 178 Å². The first kappa shape index (κ1) is 21.2. The molecule has 0 radical (unpaired) electrons. The molecule has 0 aliphatic rings. The Morgan fingerprint density at radius 3 is 2.64 bits per heavy atom. The first-order valence-corrected chi connectivity index (χ1v) is 11.1. The molecule has 1 unspecified atom stereocenters. The molecule has 3 rings (SSSR count). The monoisotopic (exact) mass is 464 g/mol. The van der Waals surface area contributed by atoms with Gasteiger partial charge in [0.05, 0.1) is 36.7 Å². The number of nitrogens with zero attached hydrogens (tertiary/aromatic N) is 2. The van der Waals surface area contributed by atoms with Crippen molar-refractivity contribution < 1.29 is 14.5 Å². The number of benzene rings is 2. The van der Waals surface area contributed by atoms with Crippen molar-refractivity contribution >= 4 is 37.5 Å². The van der Waals surface area contributed by atoms with Gasteiger partial charge in [0.1, 0.15) is 12.3 Å². The van der Waals surface area contributed by atoms with Crippen molar-refractivity contribution in [1.82, 2.24) is 4.37 Å². The van der Waals surface area contributed by atoms with Crippen molar-refractivity contribution in [2.45, 2.75) is 19.8 Å². The van der Waals surface area contributed by atoms with E-state index in [1.807, 2.05) is 31.2 Å². The molecule has 150 valence electrons. The van der Waals surface area contributed by atoms with Gasteiger partial charge < -0.3 is 19.7 Å². The van der Waals surface area contributed by atoms with E-state index in [0.29, 0.717) is 19.7 Å². The average molecular weight is 465 g/mol. The van der Waals surface area contributed by atoms with Crippen molar-refractivity contribution in [3.63, 3.8) is 0 Å². The van der Waals surface area contributed by atoms with Crippen LogP contribution in [0.5, 0.6) is 5.75 Å². The smallest absolute Gasteiger partial charge is 0.120 e. The van der Waals surface area contributed by atoms with E-state index in [-0.39, 0.29) is 17.8 Å². The quantitative estimate of drug-likeness (QED) is 0.254. The average Bonchev–Trinajstić information content (AvgIpc) is 3.12. The van der Waals surface area contributed by atoms with Crippen LogP contribution >= 0.6 is 27.5 Å². The fraction of sp³-hybridized carbons (Fsp3) is 0.381. The number of hydrogen-bond donors (Lipinski definition) is 1. The van der Waals surface area contributed by atoms with Gasteiger partial charge in [-0.3, -0.25) is 0 Å². The summed E-state index contributed by atoms with van der Waals surface area (Å²) in [4.78, 5) is 0. The summed E-state index contributed by atoms with van der Waals surface area (Å²) in [5.41, 5.74) is 2.09. The van der Waals surface area contributed by atoms with Gasteiger partial charge in [-0.25, -0.2) is 0 Å². The molecule has 0 amide bonds. The van der Waals surface area contributed by atoms with Crippen LogP contribution in [0.25, 0.3) is 21.3 Å². The van der Waals surface area contributed by atoms with Gasteiger partial charge in [-0.2, -0.15) is 4.37 Å². The van der Waals surface area contributed by atoms with Gasteiger partial charge in [0.15, 0.2) is 0 Å². The van der Waals surface area contributed by atoms with Crippen molar-refractivity contribution in [2.24, 2.45) is 0 Å². The minimum absolute atomic E-state index is 0.0645. The zero-order chi connectivity index (χ0) is 20.0. The third-order valence-corrected chi connectivity index (χ3v) is 6.21. The second-order valence-electron chi connectivity index (χ2n) is 6.80. The Hall–Kier alpha value is -1.51. The van der Waals surface area contributed by atoms with Crippen LogP contribution in [0.4, 0.5) is 0 Å². The summed E-state index contributed by atoms with van der Waals surface area (Å²) in [6.07, 6.45) is 1.60. The van der Waals surface area contributed by atoms with E-state index in [2.05, 4.69) is 38.5 Å². The van der Waals surface area contributed by atoms with Crippen LogP contribution in [0.2, 0.25) is 0 Å². The molecular formula is C21H25BrN2O3S. The predicted octanol–water partition coefficient (Wildman–Crippen LogP) is 5.21. The number of halogens is 1. The molecule has 0 bridgehead atoms. The number of aliphatic hydroxyl groups is 1. The molecule has 28 heavy (non-hydrogen) atoms. The van der Waals surface area contributed by atoms with Gasteiger partial charge in [0.2, 0.25) is 0 Å². The lowest BCUT2D eigenvalue weighted by atomic mass is 10.1. The number of ether oxygens (including phenoxy) is 1. The Morgan fingerprint density at radius 2 is 1.93 bits per heavy atom. The highest BCUT2D eigenvalue weighted by atomic mass is 79.9. The number of aromatic nitrogens is 1. The largest absolute Gasteiger partial charge is 0.633 e. The summed E-state index contributed by atoms with van der Waals surface area (Å²) in [5.74, 6) is 0.826. The normalized spacial score (nSPS) is 13.6. The highest BCUT2D eigenvalue weighted by Crippen LogP contribution is 2.33. The number of rotatable bonds is 10. The highest BCUT2D eigenvalue weighted by Gasteiger charge is 2.13. The summed E-state index contributed by atoms with van der Waals surface area (Å²) in [6.45, 7) is 3.65. The van der Waals surface area contributed by atoms with E-state index < -0.39 is 0 Å². The van der Waals surface area contributed by atoms with Crippen LogP contribution in [0.3, 0.4) is 0 Å². The van der Waals surface area contributed by atoms with Crippen molar-refractivity contribution in [2.75, 3.05) is 32.8 Å². The molecule has 7 heteroatoms. The summed E-state index contributed by atoms with van der Waals surface area (Å²) in [6, 6.07) is 14.2. The minimum Gasteiger partial charge on any atom is -0.633 e. The third-order valence-electron chi connectivity index (χ3n) is 4.87. The summed E-state index contributed by atoms with van der Waals surface area (Å²) < 4.78 is 12.3. The van der Waals surface area contributed by atoms with E-state index in [4.69, 9.17) is 9.84 Å². The standard InChI is InChI=1S/C21H25BrN2O3S/c1-2-24(26,12-13-25)11-3-4-14-27-18-9-10-19-20(15-18)28-23-21(19)16-5-7-17(22)8-6-16/h5-10,15,25H,2-4,11-14H2,1H3. The van der Waals surface area contributed by atoms with Crippen molar-refractivity contribution in [3.8, 4) is 17.0 Å². The molecule has 3 aromatic rings. The topological polar surface area (TPSA) is 65.4 Å². The van der Waals surface area contributed by atoms with Crippen LogP contribution in [0.15, 0.2) is 46.9 Å². The first-order chi connectivity index (χ1) is 13.5. The van der Waals surface area contributed by atoms with Gasteiger partial charge in [-0.1, -0.05) is 28.1 Å². The van der Waals surface area contributed by atoms with E-state index in [9.17, 15) is 5.21 Å². The molecule has 0 aliphatic carbocycles. The fourth-order valence-electron chi connectivity index (χ4n) is 3.13. The number of aliphatic hydroxyl groups excluding tert-OH is 1. The molecule has 1 atom stereocenters. The molecule has 1 heterocycles. The number of hydrogen-bond acceptors (Lipinski definition) is 5. The van der Waals surface area contributed by atoms with Crippen molar-refractivity contribution in [1.29, 1.82) is 0 Å². The predicted molar refractivity (Wildman–Crippen MR) is 118 cm³/mol. The number of unbranched alkanes of at least 4 members (excludes halogenated alkanes) is 1. The Bertz CT molecular complexity index is 900. The highest BCUT2D eigenvalue weighted by molar-refractivity contribution is 9.10. The van der Waals surface area contributed by atoms with Crippen LogP contribution in [0.1, 0.15) is 19.8 Å². The van der Waals surface area contributed by atoms with E-state index >= 15 is 0 Å². The van der Waals surface area contributed by atoms with E-state index in [0.717, 1.165) is 44.4 Å². The van der Waals surface area contributed by atoms with Crippen LogP contribution in [0, 0.1) is 5.21 Å². The Kier molecular flexibility index (Phi) is 7.42. The van der Waals surface area contributed by atoms with Crippen LogP contribution in [-0.4, -0.2) is 47.0 Å². The van der Waals surface area contributed by atoms with Crippen molar-refractivity contribution in [3.05, 3.63) is 52.1 Å². The summed E-state index contributed by atoms with van der Waals surface area (Å²) in [5, 5.41) is 22.5. The maximum atomic E-state index is 12.3. The number of fused-ring (bicyclic) bond motifs is 1. The Balaban J connectivity index is 1.56. The van der Waals surface area contributed by atoms with E-state index in [1.165, 1.54) is 11.5 Å². The number of hydroxylamine groups is 3. The third kappa shape index (κ3) is 5.30. The molecule has 0 spiro atoms. The zero-order valence-electron chi connectivity index (χ0n) is 15.9. The maximum absolute atomic E-state index is 12.3. The van der Waals surface area contributed by atoms with E-state index in [1.54, 1.807) is 0 Å². The van der Waals surface area contributed by atoms with Gasteiger partial charge in [0.25, 0.3) is 0 Å². The molecule has 0 fully saturated rings. The second-order valence-corrected chi connectivity index (χ2v) is 8.52.